The monoisotopic (exact) mass is 742 g/mol. The van der Waals surface area contributed by atoms with Crippen molar-refractivity contribution in [2.45, 2.75) is 0 Å². The molecule has 272 valence electrons. The second kappa shape index (κ2) is 12.9. The van der Waals surface area contributed by atoms with Crippen molar-refractivity contribution in [2.75, 3.05) is 4.90 Å². The molecule has 0 atom stereocenters. The first-order valence-electron chi connectivity index (χ1n) is 19.7. The number of hydrogen-bond donors (Lipinski definition) is 0. The van der Waals surface area contributed by atoms with Crippen molar-refractivity contribution < 1.29 is 8.83 Å². The maximum absolute atomic E-state index is 6.62. The van der Waals surface area contributed by atoms with Crippen LogP contribution in [0.25, 0.3) is 93.6 Å². The van der Waals surface area contributed by atoms with Gasteiger partial charge in [-0.2, -0.15) is 0 Å². The van der Waals surface area contributed by atoms with Crippen molar-refractivity contribution in [1.82, 2.24) is 4.57 Å². The van der Waals surface area contributed by atoms with E-state index in [0.29, 0.717) is 0 Å². The van der Waals surface area contributed by atoms with E-state index in [2.05, 4.69) is 198 Å². The van der Waals surface area contributed by atoms with E-state index in [1.54, 1.807) is 0 Å². The fraction of sp³-hybridized carbons (Fsp3) is 0. The number of rotatable bonds is 6. The highest BCUT2D eigenvalue weighted by Gasteiger charge is 2.20. The van der Waals surface area contributed by atoms with Gasteiger partial charge in [-0.3, -0.25) is 4.57 Å². The minimum absolute atomic E-state index is 0.861. The van der Waals surface area contributed by atoms with E-state index in [4.69, 9.17) is 8.83 Å². The van der Waals surface area contributed by atoms with Crippen molar-refractivity contribution in [3.05, 3.63) is 206 Å². The molecule has 58 heavy (non-hydrogen) atoms. The van der Waals surface area contributed by atoms with Gasteiger partial charge in [0.05, 0.1) is 10.9 Å². The number of anilines is 3. The third-order valence-corrected chi connectivity index (χ3v) is 11.6. The first kappa shape index (κ1) is 32.4. The van der Waals surface area contributed by atoms with Gasteiger partial charge in [-0.25, -0.2) is 0 Å². The van der Waals surface area contributed by atoms with E-state index in [9.17, 15) is 0 Å². The van der Waals surface area contributed by atoms with Crippen LogP contribution in [-0.4, -0.2) is 4.57 Å². The Morgan fingerprint density at radius 1 is 0.362 bits per heavy atom. The average Bonchev–Trinajstić information content (AvgIpc) is 3.95. The number of aromatic nitrogens is 1. The zero-order chi connectivity index (χ0) is 38.2. The topological polar surface area (TPSA) is 34.5 Å². The third-order valence-electron chi connectivity index (χ3n) is 11.6. The molecule has 0 spiro atoms. The molecule has 4 heteroatoms. The average molecular weight is 743 g/mol. The number of benzene rings is 9. The Morgan fingerprint density at radius 3 is 1.79 bits per heavy atom. The summed E-state index contributed by atoms with van der Waals surface area (Å²) in [6.07, 6.45) is 0. The minimum Gasteiger partial charge on any atom is -0.456 e. The molecule has 4 nitrogen and oxygen atoms in total. The predicted octanol–water partition coefficient (Wildman–Crippen LogP) is 15.4. The molecular weight excluding hydrogens is 709 g/mol. The Hall–Kier alpha value is -7.82. The van der Waals surface area contributed by atoms with Gasteiger partial charge in [0.25, 0.3) is 0 Å². The Balaban J connectivity index is 0.970. The number of para-hydroxylation sites is 3. The third kappa shape index (κ3) is 5.09. The Bertz CT molecular complexity index is 3490. The fourth-order valence-electron chi connectivity index (χ4n) is 8.88. The van der Waals surface area contributed by atoms with Gasteiger partial charge in [-0.15, -0.1) is 0 Å². The van der Waals surface area contributed by atoms with Crippen LogP contribution in [0.1, 0.15) is 0 Å². The lowest BCUT2D eigenvalue weighted by Gasteiger charge is -2.26. The lowest BCUT2D eigenvalue weighted by Crippen LogP contribution is -2.09. The zero-order valence-electron chi connectivity index (χ0n) is 31.3. The number of furan rings is 2. The van der Waals surface area contributed by atoms with Gasteiger partial charge in [0.2, 0.25) is 5.71 Å². The molecule has 0 radical (unpaired) electrons. The lowest BCUT2D eigenvalue weighted by atomic mass is 9.98. The second-order valence-electron chi connectivity index (χ2n) is 14.9. The van der Waals surface area contributed by atoms with Crippen LogP contribution in [0.5, 0.6) is 0 Å². The van der Waals surface area contributed by atoms with Crippen molar-refractivity contribution in [1.29, 1.82) is 0 Å². The van der Waals surface area contributed by atoms with Crippen LogP contribution in [0.3, 0.4) is 0 Å². The quantitative estimate of drug-likeness (QED) is 0.170. The maximum atomic E-state index is 6.62. The zero-order valence-corrected chi connectivity index (χ0v) is 31.3. The summed E-state index contributed by atoms with van der Waals surface area (Å²) >= 11 is 0. The highest BCUT2D eigenvalue weighted by atomic mass is 16.3. The molecule has 12 rings (SSSR count). The Labute approximate surface area is 334 Å². The first-order chi connectivity index (χ1) is 28.7. The molecule has 0 saturated heterocycles. The van der Waals surface area contributed by atoms with Crippen LogP contribution < -0.4 is 4.90 Å². The second-order valence-corrected chi connectivity index (χ2v) is 14.9. The fourth-order valence-corrected chi connectivity index (χ4v) is 8.88. The maximum Gasteiger partial charge on any atom is 0.213 e. The van der Waals surface area contributed by atoms with E-state index in [-0.39, 0.29) is 0 Å². The molecule has 12 aromatic rings. The van der Waals surface area contributed by atoms with Crippen molar-refractivity contribution in [3.63, 3.8) is 0 Å². The van der Waals surface area contributed by atoms with Gasteiger partial charge in [0.1, 0.15) is 16.7 Å². The summed E-state index contributed by atoms with van der Waals surface area (Å²) < 4.78 is 15.1. The molecule has 3 heterocycles. The van der Waals surface area contributed by atoms with Gasteiger partial charge in [0, 0.05) is 44.3 Å². The van der Waals surface area contributed by atoms with Crippen molar-refractivity contribution >= 4 is 82.7 Å². The predicted molar refractivity (Wildman–Crippen MR) is 241 cm³/mol. The van der Waals surface area contributed by atoms with E-state index in [0.717, 1.165) is 83.4 Å². The standard InChI is InChI=1S/C54H34N2O2/c1-2-13-39(14-3-1)56-49-19-8-6-17-46(49)53-48-33-38(25-31-52(48)58-54(53)56)35-21-26-40(27-22-35)55(42-30-32-51-47(34-42)45-16-7-9-20-50(45)57-51)41-28-23-37(24-29-41)44-18-10-12-36-11-4-5-15-43(36)44/h1-34H. The van der Waals surface area contributed by atoms with Crippen LogP contribution in [0.2, 0.25) is 0 Å². The molecule has 0 amide bonds. The normalized spacial score (nSPS) is 11.8. The molecule has 0 bridgehead atoms. The van der Waals surface area contributed by atoms with E-state index in [1.165, 1.54) is 27.3 Å². The molecule has 0 fully saturated rings. The van der Waals surface area contributed by atoms with Crippen LogP contribution >= 0.6 is 0 Å². The van der Waals surface area contributed by atoms with E-state index >= 15 is 0 Å². The first-order valence-corrected chi connectivity index (χ1v) is 19.7. The van der Waals surface area contributed by atoms with Crippen LogP contribution in [0, 0.1) is 0 Å². The highest BCUT2D eigenvalue weighted by molar-refractivity contribution is 6.20. The number of nitrogens with zero attached hydrogens (tertiary/aromatic N) is 2. The molecule has 3 aromatic heterocycles. The van der Waals surface area contributed by atoms with Gasteiger partial charge >= 0.3 is 0 Å². The Kier molecular flexibility index (Phi) is 7.20. The lowest BCUT2D eigenvalue weighted by molar-refractivity contribution is 0.645. The molecular formula is C54H34N2O2. The summed E-state index contributed by atoms with van der Waals surface area (Å²) in [5.74, 6) is 0. The summed E-state index contributed by atoms with van der Waals surface area (Å²) in [6, 6.07) is 73.2. The molecule has 0 aliphatic rings. The molecule has 0 aliphatic carbocycles. The largest absolute Gasteiger partial charge is 0.456 e. The summed E-state index contributed by atoms with van der Waals surface area (Å²) in [6.45, 7) is 0. The van der Waals surface area contributed by atoms with Gasteiger partial charge in [-0.05, 0) is 112 Å². The smallest absolute Gasteiger partial charge is 0.213 e. The van der Waals surface area contributed by atoms with Crippen LogP contribution in [0.15, 0.2) is 215 Å². The summed E-state index contributed by atoms with van der Waals surface area (Å²) in [5, 5.41) is 8.11. The molecule has 0 unspecified atom stereocenters. The van der Waals surface area contributed by atoms with Gasteiger partial charge in [0.15, 0.2) is 0 Å². The molecule has 0 saturated carbocycles. The highest BCUT2D eigenvalue weighted by Crippen LogP contribution is 2.43. The summed E-state index contributed by atoms with van der Waals surface area (Å²) in [7, 11) is 0. The van der Waals surface area contributed by atoms with Gasteiger partial charge < -0.3 is 13.7 Å². The van der Waals surface area contributed by atoms with Crippen LogP contribution in [-0.2, 0) is 0 Å². The van der Waals surface area contributed by atoms with Crippen LogP contribution in [0.4, 0.5) is 17.1 Å². The van der Waals surface area contributed by atoms with E-state index < -0.39 is 0 Å². The summed E-state index contributed by atoms with van der Waals surface area (Å²) in [4.78, 5) is 2.33. The number of hydrogen-bond acceptors (Lipinski definition) is 3. The van der Waals surface area contributed by atoms with Crippen molar-refractivity contribution in [2.24, 2.45) is 0 Å². The van der Waals surface area contributed by atoms with Gasteiger partial charge in [-0.1, -0.05) is 127 Å². The SMILES string of the molecule is c1ccc(-n2c3ccccc3c3c4cc(-c5ccc(N(c6ccc(-c7cccc8ccccc78)cc6)c6ccc7oc8ccccc8c7c6)cc5)ccc4oc32)cc1. The number of fused-ring (bicyclic) bond motifs is 9. The summed E-state index contributed by atoms with van der Waals surface area (Å²) in [5.41, 5.74) is 13.6. The molecule has 0 N–H and O–H groups in total. The Morgan fingerprint density at radius 2 is 0.966 bits per heavy atom. The molecule has 0 aliphatic heterocycles. The van der Waals surface area contributed by atoms with Crippen molar-refractivity contribution in [3.8, 4) is 27.9 Å². The minimum atomic E-state index is 0.861. The van der Waals surface area contributed by atoms with E-state index in [1.807, 2.05) is 18.2 Å². The molecule has 9 aromatic carbocycles.